The molecular weight excluding hydrogens is 232 g/mol. The van der Waals surface area contributed by atoms with Crippen molar-refractivity contribution in [2.75, 3.05) is 0 Å². The highest BCUT2D eigenvalue weighted by molar-refractivity contribution is 6.30. The lowest BCUT2D eigenvalue weighted by atomic mass is 9.86. The van der Waals surface area contributed by atoms with Crippen LogP contribution in [0, 0.1) is 5.92 Å². The zero-order chi connectivity index (χ0) is 11.7. The molecule has 3 heteroatoms. The number of nitrogens with zero attached hydrogens (tertiary/aromatic N) is 2. The Balaban J connectivity index is 1.90. The fourth-order valence-corrected chi connectivity index (χ4v) is 3.15. The van der Waals surface area contributed by atoms with E-state index in [0.29, 0.717) is 0 Å². The molecule has 2 heterocycles. The second-order valence-electron chi connectivity index (χ2n) is 5.06. The van der Waals surface area contributed by atoms with E-state index in [4.69, 9.17) is 11.6 Å². The van der Waals surface area contributed by atoms with E-state index in [-0.39, 0.29) is 0 Å². The molecule has 0 saturated heterocycles. The lowest BCUT2D eigenvalue weighted by Crippen LogP contribution is -2.11. The van der Waals surface area contributed by atoms with Crippen LogP contribution in [0.3, 0.4) is 0 Å². The maximum absolute atomic E-state index is 6.16. The normalized spacial score (nSPS) is 17.7. The molecule has 2 aromatic heterocycles. The molecule has 1 fully saturated rings. The largest absolute Gasteiger partial charge is 0.303 e. The monoisotopic (exact) mass is 248 g/mol. The molecule has 1 aliphatic rings. The van der Waals surface area contributed by atoms with E-state index in [0.717, 1.165) is 22.9 Å². The van der Waals surface area contributed by atoms with Crippen molar-refractivity contribution in [2.45, 2.75) is 38.5 Å². The summed E-state index contributed by atoms with van der Waals surface area (Å²) in [6.45, 7) is 0. The molecular formula is C14H17ClN2. The van der Waals surface area contributed by atoms with E-state index in [2.05, 4.69) is 15.5 Å². The molecule has 1 aliphatic carbocycles. The van der Waals surface area contributed by atoms with Crippen molar-refractivity contribution in [3.05, 3.63) is 35.4 Å². The molecule has 0 spiro atoms. The first-order chi connectivity index (χ1) is 8.33. The van der Waals surface area contributed by atoms with Gasteiger partial charge in [0.1, 0.15) is 0 Å². The van der Waals surface area contributed by atoms with Crippen molar-refractivity contribution in [3.63, 3.8) is 0 Å². The Morgan fingerprint density at radius 1 is 1.24 bits per heavy atom. The molecule has 2 aromatic rings. The molecule has 0 atom stereocenters. The first-order valence-corrected chi connectivity index (χ1v) is 6.81. The van der Waals surface area contributed by atoms with Crippen LogP contribution in [0.4, 0.5) is 0 Å². The van der Waals surface area contributed by atoms with Gasteiger partial charge in [-0.1, -0.05) is 43.7 Å². The van der Waals surface area contributed by atoms with Crippen LogP contribution in [0.25, 0.3) is 5.52 Å². The number of pyridine rings is 1. The summed E-state index contributed by atoms with van der Waals surface area (Å²) in [5.41, 5.74) is 2.40. The molecule has 0 bridgehead atoms. The molecule has 0 radical (unpaired) electrons. The highest BCUT2D eigenvalue weighted by Crippen LogP contribution is 2.28. The summed E-state index contributed by atoms with van der Waals surface area (Å²) >= 11 is 6.16. The molecule has 0 unspecified atom stereocenters. The lowest BCUT2D eigenvalue weighted by Gasteiger charge is -2.22. The summed E-state index contributed by atoms with van der Waals surface area (Å²) in [6, 6.07) is 4.06. The Morgan fingerprint density at radius 3 is 2.88 bits per heavy atom. The third kappa shape index (κ3) is 2.32. The number of rotatable bonds is 2. The van der Waals surface area contributed by atoms with Crippen molar-refractivity contribution in [1.82, 2.24) is 9.38 Å². The fourth-order valence-electron chi connectivity index (χ4n) is 2.91. The molecule has 0 amide bonds. The van der Waals surface area contributed by atoms with Gasteiger partial charge in [-0.3, -0.25) is 0 Å². The second-order valence-corrected chi connectivity index (χ2v) is 5.50. The Kier molecular flexibility index (Phi) is 3.06. The molecule has 17 heavy (non-hydrogen) atoms. The van der Waals surface area contributed by atoms with E-state index in [1.165, 1.54) is 37.8 Å². The van der Waals surface area contributed by atoms with Gasteiger partial charge in [0.2, 0.25) is 0 Å². The molecule has 0 aromatic carbocycles. The molecule has 90 valence electrons. The Bertz CT molecular complexity index is 512. The highest BCUT2D eigenvalue weighted by Gasteiger charge is 2.15. The summed E-state index contributed by atoms with van der Waals surface area (Å²) < 4.78 is 2.17. The standard InChI is InChI=1S/C14H17ClN2/c15-12-7-13(6-11-4-2-1-3-5-11)17-10-16-9-14(17)8-12/h7-11H,1-6H2. The average Bonchev–Trinajstić information content (AvgIpc) is 2.78. The van der Waals surface area contributed by atoms with Crippen molar-refractivity contribution in [1.29, 1.82) is 0 Å². The first kappa shape index (κ1) is 11.1. The minimum atomic E-state index is 0.823. The van der Waals surface area contributed by atoms with Gasteiger partial charge < -0.3 is 4.40 Å². The van der Waals surface area contributed by atoms with Crippen LogP contribution >= 0.6 is 11.6 Å². The third-order valence-electron chi connectivity index (χ3n) is 3.79. The zero-order valence-electron chi connectivity index (χ0n) is 9.90. The maximum atomic E-state index is 6.16. The summed E-state index contributed by atoms with van der Waals surface area (Å²) in [7, 11) is 0. The van der Waals surface area contributed by atoms with E-state index in [1.807, 2.05) is 18.6 Å². The minimum Gasteiger partial charge on any atom is -0.303 e. The summed E-state index contributed by atoms with van der Waals surface area (Å²) in [5, 5.41) is 0.823. The first-order valence-electron chi connectivity index (χ1n) is 6.43. The second kappa shape index (κ2) is 4.69. The van der Waals surface area contributed by atoms with Gasteiger partial charge in [-0.2, -0.15) is 0 Å². The highest BCUT2D eigenvalue weighted by atomic mass is 35.5. The molecule has 3 rings (SSSR count). The third-order valence-corrected chi connectivity index (χ3v) is 4.01. The van der Waals surface area contributed by atoms with Gasteiger partial charge in [-0.25, -0.2) is 4.98 Å². The van der Waals surface area contributed by atoms with E-state index in [9.17, 15) is 0 Å². The Morgan fingerprint density at radius 2 is 2.06 bits per heavy atom. The van der Waals surface area contributed by atoms with Gasteiger partial charge in [-0.05, 0) is 24.5 Å². The van der Waals surface area contributed by atoms with Crippen LogP contribution in [0.5, 0.6) is 0 Å². The number of hydrogen-bond acceptors (Lipinski definition) is 1. The van der Waals surface area contributed by atoms with Gasteiger partial charge in [-0.15, -0.1) is 0 Å². The average molecular weight is 249 g/mol. The minimum absolute atomic E-state index is 0.823. The number of hydrogen-bond donors (Lipinski definition) is 0. The molecule has 1 saturated carbocycles. The van der Waals surface area contributed by atoms with Gasteiger partial charge in [0, 0.05) is 10.7 Å². The van der Waals surface area contributed by atoms with Gasteiger partial charge in [0.25, 0.3) is 0 Å². The summed E-state index contributed by atoms with van der Waals surface area (Å²) in [4.78, 5) is 4.20. The predicted octanol–water partition coefficient (Wildman–Crippen LogP) is 4.11. The van der Waals surface area contributed by atoms with Crippen LogP contribution in [0.1, 0.15) is 37.8 Å². The summed E-state index contributed by atoms with van der Waals surface area (Å²) in [6.07, 6.45) is 11.8. The predicted molar refractivity (Wildman–Crippen MR) is 70.5 cm³/mol. The maximum Gasteiger partial charge on any atom is 0.0994 e. The SMILES string of the molecule is Clc1cc(CC2CCCCC2)n2cncc2c1. The van der Waals surface area contributed by atoms with E-state index < -0.39 is 0 Å². The number of fused-ring (bicyclic) bond motifs is 1. The van der Waals surface area contributed by atoms with Gasteiger partial charge in [0.05, 0.1) is 18.0 Å². The summed E-state index contributed by atoms with van der Waals surface area (Å²) in [5.74, 6) is 0.827. The van der Waals surface area contributed by atoms with Crippen LogP contribution < -0.4 is 0 Å². The smallest absolute Gasteiger partial charge is 0.0994 e. The quantitative estimate of drug-likeness (QED) is 0.782. The van der Waals surface area contributed by atoms with Crippen molar-refractivity contribution >= 4 is 17.1 Å². The van der Waals surface area contributed by atoms with Crippen molar-refractivity contribution in [2.24, 2.45) is 5.92 Å². The van der Waals surface area contributed by atoms with Crippen LogP contribution in [0.15, 0.2) is 24.7 Å². The Hall–Kier alpha value is -1.02. The van der Waals surface area contributed by atoms with Gasteiger partial charge >= 0.3 is 0 Å². The number of halogens is 1. The molecule has 0 N–H and O–H groups in total. The van der Waals surface area contributed by atoms with Gasteiger partial charge in [0.15, 0.2) is 0 Å². The van der Waals surface area contributed by atoms with Crippen molar-refractivity contribution < 1.29 is 0 Å². The lowest BCUT2D eigenvalue weighted by molar-refractivity contribution is 0.353. The van der Waals surface area contributed by atoms with Crippen LogP contribution in [-0.4, -0.2) is 9.38 Å². The van der Waals surface area contributed by atoms with Crippen LogP contribution in [0.2, 0.25) is 5.02 Å². The molecule has 0 aliphatic heterocycles. The fraction of sp³-hybridized carbons (Fsp3) is 0.500. The molecule has 2 nitrogen and oxygen atoms in total. The van der Waals surface area contributed by atoms with Crippen molar-refractivity contribution in [3.8, 4) is 0 Å². The van der Waals surface area contributed by atoms with Crippen LogP contribution in [-0.2, 0) is 6.42 Å². The van der Waals surface area contributed by atoms with E-state index >= 15 is 0 Å². The zero-order valence-corrected chi connectivity index (χ0v) is 10.7. The number of aromatic nitrogens is 2. The Labute approximate surface area is 107 Å². The number of imidazole rings is 1. The topological polar surface area (TPSA) is 17.3 Å². The van der Waals surface area contributed by atoms with E-state index in [1.54, 1.807) is 0 Å².